The van der Waals surface area contributed by atoms with Crippen molar-refractivity contribution in [2.24, 2.45) is 0 Å². The van der Waals surface area contributed by atoms with Gasteiger partial charge in [-0.15, -0.1) is 0 Å². The van der Waals surface area contributed by atoms with Crippen molar-refractivity contribution in [3.8, 4) is 0 Å². The van der Waals surface area contributed by atoms with E-state index in [4.69, 9.17) is 0 Å². The Bertz CT molecular complexity index is 881. The molecule has 1 fully saturated rings. The van der Waals surface area contributed by atoms with Gasteiger partial charge in [0.25, 0.3) is 0 Å². The Morgan fingerprint density at radius 3 is 2.45 bits per heavy atom. The molecule has 3 rings (SSSR count). The third kappa shape index (κ3) is 8.02. The summed E-state index contributed by atoms with van der Waals surface area (Å²) < 4.78 is 13.2. The molecule has 3 amide bonds. The highest BCUT2D eigenvalue weighted by atomic mass is 19.1. The highest BCUT2D eigenvalue weighted by Gasteiger charge is 2.20. The standard InChI is InChI=1S/C24H31FN4O2/c1-18-4-2-6-20(14-18)17-29-12-8-22(9-13-29)28-24(31)27-11-10-26-23(30)16-19-5-3-7-21(25)15-19/h2-7,14-15,22H,8-13,16-17H2,1H3,(H,26,30)(H2,27,28,31). The second-order valence-corrected chi connectivity index (χ2v) is 8.10. The first-order valence-electron chi connectivity index (χ1n) is 10.8. The number of piperidine rings is 1. The number of hydrogen-bond donors (Lipinski definition) is 3. The van der Waals surface area contributed by atoms with Crippen molar-refractivity contribution < 1.29 is 14.0 Å². The fourth-order valence-electron chi connectivity index (χ4n) is 3.81. The van der Waals surface area contributed by atoms with E-state index in [1.54, 1.807) is 12.1 Å². The molecule has 1 aliphatic rings. The van der Waals surface area contributed by atoms with Crippen molar-refractivity contribution >= 4 is 11.9 Å². The molecule has 6 nitrogen and oxygen atoms in total. The molecule has 3 N–H and O–H groups in total. The minimum atomic E-state index is -0.357. The number of hydrogen-bond acceptors (Lipinski definition) is 3. The van der Waals surface area contributed by atoms with Gasteiger partial charge in [-0.2, -0.15) is 0 Å². The van der Waals surface area contributed by atoms with Crippen LogP contribution in [0, 0.1) is 12.7 Å². The van der Waals surface area contributed by atoms with E-state index in [0.29, 0.717) is 18.7 Å². The van der Waals surface area contributed by atoms with Crippen LogP contribution in [0.5, 0.6) is 0 Å². The molecule has 31 heavy (non-hydrogen) atoms. The Hall–Kier alpha value is -2.93. The second kappa shape index (κ2) is 11.5. The zero-order valence-corrected chi connectivity index (χ0v) is 18.0. The normalized spacial score (nSPS) is 14.8. The number of nitrogens with one attached hydrogen (secondary N) is 3. The van der Waals surface area contributed by atoms with Gasteiger partial charge in [-0.25, -0.2) is 9.18 Å². The summed E-state index contributed by atoms with van der Waals surface area (Å²) in [6.07, 6.45) is 1.96. The van der Waals surface area contributed by atoms with Crippen LogP contribution >= 0.6 is 0 Å². The lowest BCUT2D eigenvalue weighted by molar-refractivity contribution is -0.120. The Morgan fingerprint density at radius 2 is 1.71 bits per heavy atom. The molecule has 0 unspecified atom stereocenters. The Labute approximate surface area is 183 Å². The third-order valence-electron chi connectivity index (χ3n) is 5.40. The number of urea groups is 1. The zero-order valence-electron chi connectivity index (χ0n) is 18.0. The summed E-state index contributed by atoms with van der Waals surface area (Å²) >= 11 is 0. The van der Waals surface area contributed by atoms with Crippen molar-refractivity contribution in [2.75, 3.05) is 26.2 Å². The van der Waals surface area contributed by atoms with Gasteiger partial charge in [-0.1, -0.05) is 42.0 Å². The van der Waals surface area contributed by atoms with Crippen molar-refractivity contribution in [3.63, 3.8) is 0 Å². The van der Waals surface area contributed by atoms with Gasteiger partial charge in [0, 0.05) is 38.8 Å². The maximum Gasteiger partial charge on any atom is 0.315 e. The number of benzene rings is 2. The fourth-order valence-corrected chi connectivity index (χ4v) is 3.81. The molecule has 0 atom stereocenters. The van der Waals surface area contributed by atoms with Crippen LogP contribution in [0.15, 0.2) is 48.5 Å². The van der Waals surface area contributed by atoms with Gasteiger partial charge < -0.3 is 16.0 Å². The Morgan fingerprint density at radius 1 is 1.00 bits per heavy atom. The zero-order chi connectivity index (χ0) is 22.1. The molecular formula is C24H31FN4O2. The summed E-state index contributed by atoms with van der Waals surface area (Å²) in [6, 6.07) is 14.5. The predicted octanol–water partition coefficient (Wildman–Crippen LogP) is 2.76. The molecule has 166 valence electrons. The number of halogens is 1. The van der Waals surface area contributed by atoms with Crippen molar-refractivity contribution in [1.29, 1.82) is 0 Å². The molecule has 1 heterocycles. The van der Waals surface area contributed by atoms with Gasteiger partial charge in [-0.3, -0.25) is 9.69 Å². The SMILES string of the molecule is Cc1cccc(CN2CCC(NC(=O)NCCNC(=O)Cc3cccc(F)c3)CC2)c1. The van der Waals surface area contributed by atoms with E-state index < -0.39 is 0 Å². The van der Waals surface area contributed by atoms with Gasteiger partial charge in [0.1, 0.15) is 5.82 Å². The van der Waals surface area contributed by atoms with E-state index in [1.165, 1.54) is 23.3 Å². The van der Waals surface area contributed by atoms with Crippen LogP contribution in [0.1, 0.15) is 29.5 Å². The average molecular weight is 427 g/mol. The molecule has 0 aliphatic carbocycles. The lowest BCUT2D eigenvalue weighted by atomic mass is 10.0. The lowest BCUT2D eigenvalue weighted by Crippen LogP contribution is -2.48. The van der Waals surface area contributed by atoms with Gasteiger partial charge >= 0.3 is 6.03 Å². The van der Waals surface area contributed by atoms with Gasteiger partial charge in [0.2, 0.25) is 5.91 Å². The van der Waals surface area contributed by atoms with Gasteiger partial charge in [0.15, 0.2) is 0 Å². The monoisotopic (exact) mass is 426 g/mol. The molecule has 2 aromatic rings. The number of rotatable bonds is 8. The van der Waals surface area contributed by atoms with Crippen LogP contribution in [-0.2, 0) is 17.8 Å². The number of nitrogens with zero attached hydrogens (tertiary/aromatic N) is 1. The van der Waals surface area contributed by atoms with E-state index in [-0.39, 0.29) is 30.2 Å². The van der Waals surface area contributed by atoms with E-state index >= 15 is 0 Å². The first kappa shape index (κ1) is 22.7. The molecule has 2 aromatic carbocycles. The van der Waals surface area contributed by atoms with Crippen LogP contribution in [0.2, 0.25) is 0 Å². The topological polar surface area (TPSA) is 73.5 Å². The minimum Gasteiger partial charge on any atom is -0.354 e. The second-order valence-electron chi connectivity index (χ2n) is 8.10. The van der Waals surface area contributed by atoms with Crippen molar-refractivity contribution in [3.05, 3.63) is 71.0 Å². The molecule has 0 bridgehead atoms. The Kier molecular flexibility index (Phi) is 8.41. The van der Waals surface area contributed by atoms with Crippen LogP contribution in [0.25, 0.3) is 0 Å². The number of carbonyl (C=O) groups excluding carboxylic acids is 2. The highest BCUT2D eigenvalue weighted by molar-refractivity contribution is 5.78. The number of carbonyl (C=O) groups is 2. The molecular weight excluding hydrogens is 395 g/mol. The maximum absolute atomic E-state index is 13.2. The molecule has 0 saturated carbocycles. The van der Waals surface area contributed by atoms with Crippen LogP contribution < -0.4 is 16.0 Å². The summed E-state index contributed by atoms with van der Waals surface area (Å²) in [5, 5.41) is 8.52. The fraction of sp³-hybridized carbons (Fsp3) is 0.417. The summed E-state index contributed by atoms with van der Waals surface area (Å²) in [5.74, 6) is -0.557. The van der Waals surface area contributed by atoms with Crippen molar-refractivity contribution in [2.45, 2.75) is 38.8 Å². The first-order valence-corrected chi connectivity index (χ1v) is 10.8. The third-order valence-corrected chi connectivity index (χ3v) is 5.40. The molecule has 1 saturated heterocycles. The summed E-state index contributed by atoms with van der Waals surface area (Å²) in [6.45, 7) is 5.62. The van der Waals surface area contributed by atoms with Crippen molar-refractivity contribution in [1.82, 2.24) is 20.9 Å². The van der Waals surface area contributed by atoms with Crippen LogP contribution in [0.4, 0.5) is 9.18 Å². The molecule has 0 spiro atoms. The highest BCUT2D eigenvalue weighted by Crippen LogP contribution is 2.14. The smallest absolute Gasteiger partial charge is 0.315 e. The maximum atomic E-state index is 13.2. The number of amides is 3. The van der Waals surface area contributed by atoms with E-state index in [9.17, 15) is 14.0 Å². The van der Waals surface area contributed by atoms with E-state index in [1.807, 2.05) is 0 Å². The lowest BCUT2D eigenvalue weighted by Gasteiger charge is -2.32. The van der Waals surface area contributed by atoms with Gasteiger partial charge in [0.05, 0.1) is 6.42 Å². The van der Waals surface area contributed by atoms with E-state index in [0.717, 1.165) is 32.5 Å². The Balaban J connectivity index is 1.27. The largest absolute Gasteiger partial charge is 0.354 e. The van der Waals surface area contributed by atoms with Gasteiger partial charge in [-0.05, 0) is 43.0 Å². The summed E-state index contributed by atoms with van der Waals surface area (Å²) in [4.78, 5) is 26.4. The predicted molar refractivity (Wildman–Crippen MR) is 119 cm³/mol. The molecule has 7 heteroatoms. The van der Waals surface area contributed by atoms with Crippen LogP contribution in [-0.4, -0.2) is 49.1 Å². The average Bonchev–Trinajstić information content (AvgIpc) is 2.73. The quantitative estimate of drug-likeness (QED) is 0.569. The molecule has 1 aliphatic heterocycles. The summed E-state index contributed by atoms with van der Waals surface area (Å²) in [5.41, 5.74) is 3.22. The molecule has 0 radical (unpaired) electrons. The first-order chi connectivity index (χ1) is 15.0. The number of likely N-dealkylation sites (tertiary alicyclic amines) is 1. The van der Waals surface area contributed by atoms with Crippen LogP contribution in [0.3, 0.4) is 0 Å². The molecule has 0 aromatic heterocycles. The number of aryl methyl sites for hydroxylation is 1. The van der Waals surface area contributed by atoms with E-state index in [2.05, 4.69) is 52.0 Å². The minimum absolute atomic E-state index is 0.116. The summed E-state index contributed by atoms with van der Waals surface area (Å²) in [7, 11) is 0.